The summed E-state index contributed by atoms with van der Waals surface area (Å²) in [7, 11) is 0. The summed E-state index contributed by atoms with van der Waals surface area (Å²) in [6.45, 7) is 1.79. The van der Waals surface area contributed by atoms with Gasteiger partial charge >= 0.3 is 0 Å². The molecule has 1 aliphatic carbocycles. The van der Waals surface area contributed by atoms with Crippen LogP contribution >= 0.6 is 0 Å². The van der Waals surface area contributed by atoms with Crippen molar-refractivity contribution in [2.45, 2.75) is 19.8 Å². The fourth-order valence-electron chi connectivity index (χ4n) is 4.01. The van der Waals surface area contributed by atoms with Gasteiger partial charge < -0.3 is 5.11 Å². The first-order valence-corrected chi connectivity index (χ1v) is 9.83. The van der Waals surface area contributed by atoms with Gasteiger partial charge in [0.25, 0.3) is 5.91 Å². The van der Waals surface area contributed by atoms with Crippen molar-refractivity contribution in [3.05, 3.63) is 83.0 Å². The Morgan fingerprint density at radius 3 is 2.63 bits per heavy atom. The van der Waals surface area contributed by atoms with Crippen LogP contribution in [-0.4, -0.2) is 26.9 Å². The van der Waals surface area contributed by atoms with E-state index in [4.69, 9.17) is 0 Å². The zero-order chi connectivity index (χ0) is 20.7. The van der Waals surface area contributed by atoms with E-state index in [0.717, 1.165) is 29.7 Å². The molecule has 0 saturated heterocycles. The van der Waals surface area contributed by atoms with Crippen LogP contribution in [0.25, 0.3) is 22.0 Å². The molecular formula is C24H20N4O2. The van der Waals surface area contributed by atoms with Crippen LogP contribution in [0.4, 0.5) is 0 Å². The first-order chi connectivity index (χ1) is 14.6. The molecule has 148 valence electrons. The predicted molar refractivity (Wildman–Crippen MR) is 117 cm³/mol. The van der Waals surface area contributed by atoms with Gasteiger partial charge in [-0.3, -0.25) is 9.89 Å². The van der Waals surface area contributed by atoms with Gasteiger partial charge in [0.15, 0.2) is 0 Å². The zero-order valence-electron chi connectivity index (χ0n) is 16.4. The average Bonchev–Trinajstić information content (AvgIpc) is 3.42. The molecule has 0 saturated carbocycles. The molecule has 3 aromatic carbocycles. The number of aryl methyl sites for hydroxylation is 2. The van der Waals surface area contributed by atoms with E-state index >= 15 is 0 Å². The number of aromatic nitrogens is 2. The number of phenolic OH excluding ortho intramolecular Hbond substituents is 1. The lowest BCUT2D eigenvalue weighted by molar-refractivity contribution is 0.0950. The number of phenols is 1. The molecular weight excluding hydrogens is 376 g/mol. The van der Waals surface area contributed by atoms with Gasteiger partial charge in [-0.15, -0.1) is 0 Å². The van der Waals surface area contributed by atoms with Gasteiger partial charge in [-0.25, -0.2) is 5.43 Å². The van der Waals surface area contributed by atoms with Crippen LogP contribution in [0.5, 0.6) is 5.75 Å². The lowest BCUT2D eigenvalue weighted by Crippen LogP contribution is -2.19. The summed E-state index contributed by atoms with van der Waals surface area (Å²) < 4.78 is 0. The first kappa shape index (κ1) is 18.1. The highest BCUT2D eigenvalue weighted by Crippen LogP contribution is 2.36. The van der Waals surface area contributed by atoms with Crippen molar-refractivity contribution < 1.29 is 9.90 Å². The van der Waals surface area contributed by atoms with Crippen LogP contribution in [0.2, 0.25) is 0 Å². The Morgan fingerprint density at radius 2 is 1.83 bits per heavy atom. The van der Waals surface area contributed by atoms with E-state index < -0.39 is 0 Å². The smallest absolute Gasteiger partial charge is 0.289 e. The fourth-order valence-corrected chi connectivity index (χ4v) is 4.01. The van der Waals surface area contributed by atoms with Crippen LogP contribution in [0.3, 0.4) is 0 Å². The summed E-state index contributed by atoms with van der Waals surface area (Å²) in [5, 5.41) is 23.2. The molecule has 0 radical (unpaired) electrons. The van der Waals surface area contributed by atoms with Gasteiger partial charge in [-0.05, 0) is 77.6 Å². The Balaban J connectivity index is 1.40. The van der Waals surface area contributed by atoms with E-state index in [1.807, 2.05) is 0 Å². The highest BCUT2D eigenvalue weighted by molar-refractivity contribution is 6.03. The van der Waals surface area contributed by atoms with Gasteiger partial charge in [0, 0.05) is 5.56 Å². The molecule has 0 aliphatic heterocycles. The lowest BCUT2D eigenvalue weighted by atomic mass is 9.98. The highest BCUT2D eigenvalue weighted by atomic mass is 16.3. The molecule has 1 amide bonds. The Bertz CT molecular complexity index is 1290. The number of hydrogen-bond acceptors (Lipinski definition) is 4. The third kappa shape index (κ3) is 3.12. The molecule has 30 heavy (non-hydrogen) atoms. The number of H-pyrrole nitrogens is 1. The topological polar surface area (TPSA) is 90.4 Å². The number of nitrogens with one attached hydrogen (secondary N) is 2. The quantitative estimate of drug-likeness (QED) is 0.357. The number of benzene rings is 3. The number of nitrogens with zero attached hydrogens (tertiary/aromatic N) is 2. The van der Waals surface area contributed by atoms with Crippen molar-refractivity contribution in [1.82, 2.24) is 15.6 Å². The van der Waals surface area contributed by atoms with Gasteiger partial charge in [-0.2, -0.15) is 10.2 Å². The predicted octanol–water partition coefficient (Wildman–Crippen LogP) is 4.19. The van der Waals surface area contributed by atoms with Crippen molar-refractivity contribution in [1.29, 1.82) is 0 Å². The van der Waals surface area contributed by atoms with Crippen LogP contribution in [0.1, 0.15) is 34.1 Å². The van der Waals surface area contributed by atoms with E-state index in [1.165, 1.54) is 21.9 Å². The second-order valence-electron chi connectivity index (χ2n) is 7.46. The van der Waals surface area contributed by atoms with Crippen molar-refractivity contribution in [2.24, 2.45) is 5.10 Å². The molecule has 5 rings (SSSR count). The van der Waals surface area contributed by atoms with E-state index in [0.29, 0.717) is 11.4 Å². The summed E-state index contributed by atoms with van der Waals surface area (Å²) in [4.78, 5) is 12.5. The summed E-state index contributed by atoms with van der Waals surface area (Å²) >= 11 is 0. The van der Waals surface area contributed by atoms with Crippen LogP contribution in [0.15, 0.2) is 65.8 Å². The van der Waals surface area contributed by atoms with E-state index in [9.17, 15) is 9.90 Å². The third-order valence-corrected chi connectivity index (χ3v) is 5.59. The number of carbonyl (C=O) groups excluding carboxylic acids is 1. The lowest BCUT2D eigenvalue weighted by Gasteiger charge is -2.06. The molecule has 1 aliphatic rings. The number of hydrogen-bond donors (Lipinski definition) is 3. The maximum atomic E-state index is 12.5. The number of amides is 1. The third-order valence-electron chi connectivity index (χ3n) is 5.59. The number of hydrazone groups is 1. The number of rotatable bonds is 4. The molecule has 6 nitrogen and oxygen atoms in total. The minimum Gasteiger partial charge on any atom is -0.508 e. The SMILES string of the molecule is C/C(=N/NC(=O)c1cc(-c2ccc3c4c(cccc24)CC3)n[nH]1)c1ccc(O)cc1. The van der Waals surface area contributed by atoms with E-state index in [2.05, 4.69) is 51.1 Å². The Kier molecular flexibility index (Phi) is 4.32. The van der Waals surface area contributed by atoms with Crippen molar-refractivity contribution in [3.63, 3.8) is 0 Å². The Hall–Kier alpha value is -3.93. The molecule has 1 aromatic heterocycles. The monoisotopic (exact) mass is 396 g/mol. The number of carbonyl (C=O) groups is 1. The average molecular weight is 396 g/mol. The maximum absolute atomic E-state index is 12.5. The first-order valence-electron chi connectivity index (χ1n) is 9.83. The summed E-state index contributed by atoms with van der Waals surface area (Å²) in [6.07, 6.45) is 2.14. The second kappa shape index (κ2) is 7.15. The van der Waals surface area contributed by atoms with Crippen molar-refractivity contribution in [2.75, 3.05) is 0 Å². The number of aromatic hydroxyl groups is 1. The molecule has 0 atom stereocenters. The van der Waals surface area contributed by atoms with Crippen LogP contribution in [0, 0.1) is 0 Å². The molecule has 4 aromatic rings. The van der Waals surface area contributed by atoms with Crippen molar-refractivity contribution >= 4 is 22.4 Å². The molecule has 0 unspecified atom stereocenters. The summed E-state index contributed by atoms with van der Waals surface area (Å²) in [5.74, 6) is -0.179. The molecule has 6 heteroatoms. The van der Waals surface area contributed by atoms with Crippen LogP contribution < -0.4 is 5.43 Å². The van der Waals surface area contributed by atoms with Gasteiger partial charge in [-0.1, -0.05) is 30.3 Å². The minimum absolute atomic E-state index is 0.184. The zero-order valence-corrected chi connectivity index (χ0v) is 16.4. The molecule has 1 heterocycles. The maximum Gasteiger partial charge on any atom is 0.289 e. The molecule has 3 N–H and O–H groups in total. The summed E-state index contributed by atoms with van der Waals surface area (Å²) in [5.41, 5.74) is 8.83. The summed E-state index contributed by atoms with van der Waals surface area (Å²) in [6, 6.07) is 19.0. The van der Waals surface area contributed by atoms with E-state index in [1.54, 1.807) is 37.3 Å². The van der Waals surface area contributed by atoms with Gasteiger partial charge in [0.05, 0.1) is 11.4 Å². The normalized spacial score (nSPS) is 13.0. The second-order valence-corrected chi connectivity index (χ2v) is 7.46. The van der Waals surface area contributed by atoms with Crippen molar-refractivity contribution in [3.8, 4) is 17.0 Å². The van der Waals surface area contributed by atoms with Gasteiger partial charge in [0.1, 0.15) is 11.4 Å². The highest BCUT2D eigenvalue weighted by Gasteiger charge is 2.18. The number of aromatic amines is 1. The molecule has 0 spiro atoms. The van der Waals surface area contributed by atoms with Crippen LogP contribution in [-0.2, 0) is 12.8 Å². The largest absolute Gasteiger partial charge is 0.508 e. The fraction of sp³-hybridized carbons (Fsp3) is 0.125. The van der Waals surface area contributed by atoms with Gasteiger partial charge in [0.2, 0.25) is 0 Å². The molecule has 0 fully saturated rings. The minimum atomic E-state index is -0.363. The standard InChI is InChI=1S/C24H20N4O2/c1-14(15-7-10-18(29)11-8-15)25-28-24(30)22-13-21(26-27-22)19-12-9-17-6-5-16-3-2-4-20(19)23(16)17/h2-4,7-13,29H,5-6H2,1H3,(H,26,27)(H,28,30)/b25-14-. The van der Waals surface area contributed by atoms with E-state index in [-0.39, 0.29) is 11.7 Å². The Morgan fingerprint density at radius 1 is 1.07 bits per heavy atom. The Labute approximate surface area is 173 Å². The molecule has 0 bridgehead atoms.